The first-order valence-electron chi connectivity index (χ1n) is 5.29. The summed E-state index contributed by atoms with van der Waals surface area (Å²) in [5.74, 6) is -1.87. The number of halogens is 3. The van der Waals surface area contributed by atoms with Crippen molar-refractivity contribution in [3.05, 3.63) is 58.1 Å². The first kappa shape index (κ1) is 13.5. The number of carbonyl (C=O) groups excluding carboxylic acids is 1. The highest BCUT2D eigenvalue weighted by Gasteiger charge is 2.14. The number of carbonyl (C=O) groups is 1. The quantitative estimate of drug-likeness (QED) is 0.829. The Kier molecular flexibility index (Phi) is 3.80. The van der Waals surface area contributed by atoms with Crippen molar-refractivity contribution in [1.82, 2.24) is 0 Å². The third-order valence-electron chi connectivity index (χ3n) is 2.45. The van der Waals surface area contributed by atoms with Gasteiger partial charge in [-0.1, -0.05) is 6.07 Å². The fourth-order valence-corrected chi connectivity index (χ4v) is 1.87. The van der Waals surface area contributed by atoms with Gasteiger partial charge in [-0.25, -0.2) is 8.78 Å². The smallest absolute Gasteiger partial charge is 0.258 e. The molecule has 19 heavy (non-hydrogen) atoms. The van der Waals surface area contributed by atoms with Crippen molar-refractivity contribution in [2.45, 2.75) is 0 Å². The molecule has 0 atom stereocenters. The molecule has 2 aromatic carbocycles. The highest BCUT2D eigenvalue weighted by molar-refractivity contribution is 9.10. The molecule has 0 aliphatic heterocycles. The lowest BCUT2D eigenvalue weighted by Crippen LogP contribution is -2.14. The molecule has 0 unspecified atom stereocenters. The van der Waals surface area contributed by atoms with E-state index in [1.165, 1.54) is 24.3 Å². The Labute approximate surface area is 116 Å². The summed E-state index contributed by atoms with van der Waals surface area (Å²) in [5, 5.41) is 2.45. The van der Waals surface area contributed by atoms with Crippen LogP contribution in [0.4, 0.5) is 20.2 Å². The number of benzene rings is 2. The first-order chi connectivity index (χ1) is 8.99. The van der Waals surface area contributed by atoms with E-state index in [9.17, 15) is 13.6 Å². The number of nitrogens with one attached hydrogen (secondary N) is 1. The summed E-state index contributed by atoms with van der Waals surface area (Å²) in [6, 6.07) is 8.12. The lowest BCUT2D eigenvalue weighted by atomic mass is 10.2. The monoisotopic (exact) mass is 326 g/mol. The number of nitrogen functional groups attached to an aromatic ring is 1. The molecule has 0 spiro atoms. The summed E-state index contributed by atoms with van der Waals surface area (Å²) in [6.07, 6.45) is 0. The van der Waals surface area contributed by atoms with Gasteiger partial charge in [-0.2, -0.15) is 0 Å². The van der Waals surface area contributed by atoms with E-state index in [1.54, 1.807) is 6.07 Å². The molecule has 98 valence electrons. The Morgan fingerprint density at radius 2 is 1.95 bits per heavy atom. The molecule has 0 fully saturated rings. The minimum atomic E-state index is -0.657. The zero-order valence-corrected chi connectivity index (χ0v) is 11.2. The standard InChI is InChI=1S/C13H9BrF2N2O/c14-9-3-1-2-8(12(9)16)13(19)18-7-4-5-10(15)11(17)6-7/h1-6H,17H2,(H,18,19). The molecule has 0 heterocycles. The van der Waals surface area contributed by atoms with Gasteiger partial charge < -0.3 is 11.1 Å². The summed E-state index contributed by atoms with van der Waals surface area (Å²) in [4.78, 5) is 11.9. The van der Waals surface area contributed by atoms with Crippen molar-refractivity contribution in [3.63, 3.8) is 0 Å². The van der Waals surface area contributed by atoms with E-state index in [-0.39, 0.29) is 15.7 Å². The van der Waals surface area contributed by atoms with E-state index >= 15 is 0 Å². The van der Waals surface area contributed by atoms with Crippen LogP contribution in [0.25, 0.3) is 0 Å². The van der Waals surface area contributed by atoms with Gasteiger partial charge in [0.15, 0.2) is 0 Å². The fraction of sp³-hybridized carbons (Fsp3) is 0. The molecule has 0 saturated heterocycles. The van der Waals surface area contributed by atoms with Crippen LogP contribution in [0.3, 0.4) is 0 Å². The van der Waals surface area contributed by atoms with Gasteiger partial charge >= 0.3 is 0 Å². The van der Waals surface area contributed by atoms with E-state index in [2.05, 4.69) is 21.2 Å². The maximum Gasteiger partial charge on any atom is 0.258 e. The number of hydrogen-bond acceptors (Lipinski definition) is 2. The average Bonchev–Trinajstić information content (AvgIpc) is 2.37. The number of hydrogen-bond donors (Lipinski definition) is 2. The van der Waals surface area contributed by atoms with E-state index in [0.29, 0.717) is 5.69 Å². The van der Waals surface area contributed by atoms with Crippen LogP contribution in [-0.4, -0.2) is 5.91 Å². The topological polar surface area (TPSA) is 55.1 Å². The maximum atomic E-state index is 13.7. The summed E-state index contributed by atoms with van der Waals surface area (Å²) < 4.78 is 26.9. The molecule has 2 rings (SSSR count). The van der Waals surface area contributed by atoms with Crippen LogP contribution in [0.15, 0.2) is 40.9 Å². The minimum absolute atomic E-state index is 0.0903. The predicted molar refractivity (Wildman–Crippen MR) is 72.9 cm³/mol. The number of nitrogens with two attached hydrogens (primary N) is 1. The maximum absolute atomic E-state index is 13.7. The molecule has 3 N–H and O–H groups in total. The van der Waals surface area contributed by atoms with E-state index < -0.39 is 17.5 Å². The van der Waals surface area contributed by atoms with Crippen molar-refractivity contribution in [3.8, 4) is 0 Å². The predicted octanol–water partition coefficient (Wildman–Crippen LogP) is 3.56. The second-order valence-electron chi connectivity index (χ2n) is 3.79. The van der Waals surface area contributed by atoms with E-state index in [1.807, 2.05) is 0 Å². The third kappa shape index (κ3) is 2.90. The van der Waals surface area contributed by atoms with Crippen LogP contribution in [0.5, 0.6) is 0 Å². The van der Waals surface area contributed by atoms with Crippen LogP contribution in [0.2, 0.25) is 0 Å². The van der Waals surface area contributed by atoms with E-state index in [0.717, 1.165) is 6.07 Å². The molecule has 0 aliphatic rings. The molecular weight excluding hydrogens is 318 g/mol. The molecule has 0 radical (unpaired) electrons. The fourth-order valence-electron chi connectivity index (χ4n) is 1.50. The Bertz CT molecular complexity index is 647. The van der Waals surface area contributed by atoms with Gasteiger partial charge in [-0.05, 0) is 46.3 Å². The summed E-state index contributed by atoms with van der Waals surface area (Å²) >= 11 is 3.00. The number of anilines is 2. The molecular formula is C13H9BrF2N2O. The van der Waals surface area contributed by atoms with Gasteiger partial charge in [-0.3, -0.25) is 4.79 Å². The normalized spacial score (nSPS) is 10.3. The molecule has 2 aromatic rings. The highest BCUT2D eigenvalue weighted by atomic mass is 79.9. The number of amides is 1. The van der Waals surface area contributed by atoms with Crippen LogP contribution >= 0.6 is 15.9 Å². The molecule has 0 saturated carbocycles. The summed E-state index contributed by atoms with van der Waals surface area (Å²) in [5.41, 5.74) is 5.47. The molecule has 0 aliphatic carbocycles. The highest BCUT2D eigenvalue weighted by Crippen LogP contribution is 2.21. The van der Waals surface area contributed by atoms with Gasteiger partial charge in [0.2, 0.25) is 0 Å². The molecule has 0 aromatic heterocycles. The van der Waals surface area contributed by atoms with Crippen molar-refractivity contribution in [2.75, 3.05) is 11.1 Å². The average molecular weight is 327 g/mol. The Balaban J connectivity index is 2.26. The molecule has 1 amide bonds. The number of rotatable bonds is 2. The van der Waals surface area contributed by atoms with Gasteiger partial charge in [-0.15, -0.1) is 0 Å². The molecule has 6 heteroatoms. The van der Waals surface area contributed by atoms with Gasteiger partial charge in [0.05, 0.1) is 15.7 Å². The Morgan fingerprint density at radius 1 is 1.21 bits per heavy atom. The van der Waals surface area contributed by atoms with Crippen molar-refractivity contribution >= 4 is 33.2 Å². The van der Waals surface area contributed by atoms with Crippen LogP contribution in [0, 0.1) is 11.6 Å². The lowest BCUT2D eigenvalue weighted by molar-refractivity contribution is 0.102. The molecule has 3 nitrogen and oxygen atoms in total. The zero-order valence-electron chi connectivity index (χ0n) is 9.58. The Morgan fingerprint density at radius 3 is 2.63 bits per heavy atom. The van der Waals surface area contributed by atoms with Crippen molar-refractivity contribution in [2.24, 2.45) is 0 Å². The van der Waals surface area contributed by atoms with Crippen LogP contribution in [-0.2, 0) is 0 Å². The second kappa shape index (κ2) is 5.36. The van der Waals surface area contributed by atoms with Crippen molar-refractivity contribution in [1.29, 1.82) is 0 Å². The summed E-state index contributed by atoms with van der Waals surface area (Å²) in [7, 11) is 0. The molecule has 0 bridgehead atoms. The van der Waals surface area contributed by atoms with Gasteiger partial charge in [0, 0.05) is 5.69 Å². The third-order valence-corrected chi connectivity index (χ3v) is 3.06. The first-order valence-corrected chi connectivity index (χ1v) is 6.08. The summed E-state index contributed by atoms with van der Waals surface area (Å²) in [6.45, 7) is 0. The second-order valence-corrected chi connectivity index (χ2v) is 4.65. The van der Waals surface area contributed by atoms with Gasteiger partial charge in [0.25, 0.3) is 5.91 Å². The largest absolute Gasteiger partial charge is 0.396 e. The SMILES string of the molecule is Nc1cc(NC(=O)c2cccc(Br)c2F)ccc1F. The van der Waals surface area contributed by atoms with E-state index in [4.69, 9.17) is 5.73 Å². The zero-order chi connectivity index (χ0) is 14.0. The van der Waals surface area contributed by atoms with Crippen LogP contribution < -0.4 is 11.1 Å². The van der Waals surface area contributed by atoms with Crippen LogP contribution in [0.1, 0.15) is 10.4 Å². The van der Waals surface area contributed by atoms with Gasteiger partial charge in [0.1, 0.15) is 11.6 Å². The van der Waals surface area contributed by atoms with Crippen molar-refractivity contribution < 1.29 is 13.6 Å². The Hall–Kier alpha value is -1.95. The lowest BCUT2D eigenvalue weighted by Gasteiger charge is -2.08. The minimum Gasteiger partial charge on any atom is -0.396 e.